The summed E-state index contributed by atoms with van der Waals surface area (Å²) in [4.78, 5) is 12.5. The Morgan fingerprint density at radius 3 is 2.61 bits per heavy atom. The number of methoxy groups -OCH3 is 1. The Hall–Kier alpha value is -2.61. The molecule has 170 valence electrons. The van der Waals surface area contributed by atoms with E-state index in [0.717, 1.165) is 43.9 Å². The lowest BCUT2D eigenvalue weighted by atomic mass is 9.86. The molecule has 0 aliphatic heterocycles. The molecule has 1 aliphatic rings. The van der Waals surface area contributed by atoms with Crippen molar-refractivity contribution in [3.05, 3.63) is 70.7 Å². The van der Waals surface area contributed by atoms with Gasteiger partial charge in [-0.25, -0.2) is 0 Å². The van der Waals surface area contributed by atoms with Crippen LogP contribution >= 0.6 is 11.6 Å². The van der Waals surface area contributed by atoms with Crippen LogP contribution in [0.1, 0.15) is 41.6 Å². The molecule has 0 aromatic heterocycles. The van der Waals surface area contributed by atoms with Crippen LogP contribution in [0.25, 0.3) is 0 Å². The molecule has 1 fully saturated rings. The summed E-state index contributed by atoms with van der Waals surface area (Å²) in [6.45, 7) is 4.37. The molecule has 2 rings (SSSR count). The van der Waals surface area contributed by atoms with Gasteiger partial charge < -0.3 is 21.1 Å². The van der Waals surface area contributed by atoms with Crippen molar-refractivity contribution in [2.24, 2.45) is 11.7 Å². The van der Waals surface area contributed by atoms with Crippen molar-refractivity contribution < 1.29 is 22.7 Å². The highest BCUT2D eigenvalue weighted by Gasteiger charge is 2.32. The Bertz CT molecular complexity index is 845. The highest BCUT2D eigenvalue weighted by atomic mass is 35.5. The van der Waals surface area contributed by atoms with E-state index < -0.39 is 17.6 Å². The number of allylic oxidation sites excluding steroid dienone is 3. The van der Waals surface area contributed by atoms with Crippen LogP contribution in [-0.2, 0) is 10.9 Å². The van der Waals surface area contributed by atoms with Gasteiger partial charge in [-0.1, -0.05) is 24.3 Å². The molecule has 9 heteroatoms. The van der Waals surface area contributed by atoms with Gasteiger partial charge in [-0.2, -0.15) is 13.2 Å². The van der Waals surface area contributed by atoms with E-state index >= 15 is 0 Å². The molecule has 1 aliphatic carbocycles. The van der Waals surface area contributed by atoms with Crippen molar-refractivity contribution >= 4 is 17.5 Å². The predicted octanol–water partition coefficient (Wildman–Crippen LogP) is 4.75. The van der Waals surface area contributed by atoms with E-state index in [4.69, 9.17) is 22.1 Å². The van der Waals surface area contributed by atoms with Crippen LogP contribution in [0.4, 0.5) is 13.2 Å². The summed E-state index contributed by atoms with van der Waals surface area (Å²) < 4.78 is 43.6. The van der Waals surface area contributed by atoms with E-state index in [9.17, 15) is 18.0 Å². The lowest BCUT2D eigenvalue weighted by Crippen LogP contribution is -2.39. The second kappa shape index (κ2) is 11.1. The fraction of sp³-hybridized carbons (Fsp3) is 0.409. The van der Waals surface area contributed by atoms with Gasteiger partial charge in [0.15, 0.2) is 0 Å². The minimum absolute atomic E-state index is 0.00577. The maximum atomic E-state index is 12.9. The smallest absolute Gasteiger partial charge is 0.416 e. The van der Waals surface area contributed by atoms with Gasteiger partial charge in [0.05, 0.1) is 29.1 Å². The summed E-state index contributed by atoms with van der Waals surface area (Å²) in [5.74, 6) is 0.843. The molecule has 4 N–H and O–H groups in total. The van der Waals surface area contributed by atoms with Crippen molar-refractivity contribution in [3.8, 4) is 0 Å². The molecule has 0 atom stereocenters. The third-order valence-corrected chi connectivity index (χ3v) is 5.46. The lowest BCUT2D eigenvalue weighted by Gasteiger charge is -2.29. The molecule has 0 saturated heterocycles. The molecule has 0 heterocycles. The summed E-state index contributed by atoms with van der Waals surface area (Å²) in [5.41, 5.74) is 4.85. The maximum absolute atomic E-state index is 12.9. The molecular formula is C22H27ClF3N3O2. The first kappa shape index (κ1) is 24.7. The van der Waals surface area contributed by atoms with Gasteiger partial charge in [0.1, 0.15) is 5.76 Å². The van der Waals surface area contributed by atoms with Gasteiger partial charge in [-0.3, -0.25) is 4.79 Å². The van der Waals surface area contributed by atoms with Gasteiger partial charge in [-0.05, 0) is 62.0 Å². The van der Waals surface area contributed by atoms with E-state index in [1.54, 1.807) is 18.2 Å². The number of ether oxygens (including phenoxy) is 1. The number of nitrogens with one attached hydrogen (secondary N) is 2. The molecule has 0 unspecified atom stereocenters. The molecule has 1 aromatic carbocycles. The van der Waals surface area contributed by atoms with Crippen LogP contribution < -0.4 is 16.4 Å². The Morgan fingerprint density at radius 1 is 1.32 bits per heavy atom. The average Bonchev–Trinajstić information content (AvgIpc) is 2.72. The van der Waals surface area contributed by atoms with Crippen LogP contribution in [0.2, 0.25) is 5.02 Å². The van der Waals surface area contributed by atoms with Crippen LogP contribution in [0.15, 0.2) is 54.6 Å². The first-order chi connectivity index (χ1) is 14.6. The standard InChI is InChI=1S/C22H27ClF3N3O2/c1-14(31-2)4-3-5-20(27)28-13-15-6-9-17(10-7-15)29-21(30)18-12-16(22(24,25)26)8-11-19(18)23/h3-5,8,11-12,15,17,28H,1,6-7,9-10,13,27H2,2H3,(H,29,30)/b4-3-,20-5+. The predicted molar refractivity (Wildman–Crippen MR) is 115 cm³/mol. The monoisotopic (exact) mass is 457 g/mol. The number of halogens is 4. The van der Waals surface area contributed by atoms with Crippen molar-refractivity contribution in [2.75, 3.05) is 13.7 Å². The van der Waals surface area contributed by atoms with Gasteiger partial charge in [0, 0.05) is 12.6 Å². The number of benzene rings is 1. The highest BCUT2D eigenvalue weighted by molar-refractivity contribution is 6.33. The molecular weight excluding hydrogens is 431 g/mol. The number of amides is 1. The van der Waals surface area contributed by atoms with Gasteiger partial charge in [-0.15, -0.1) is 0 Å². The number of carbonyl (C=O) groups excluding carboxylic acids is 1. The zero-order chi connectivity index (χ0) is 23.0. The minimum Gasteiger partial charge on any atom is -0.497 e. The quantitative estimate of drug-likeness (QED) is 0.389. The zero-order valence-electron chi connectivity index (χ0n) is 17.3. The number of alkyl halides is 3. The first-order valence-electron chi connectivity index (χ1n) is 9.88. The highest BCUT2D eigenvalue weighted by Crippen LogP contribution is 2.32. The van der Waals surface area contributed by atoms with E-state index in [-0.39, 0.29) is 16.6 Å². The number of nitrogens with two attached hydrogens (primary N) is 1. The molecule has 1 aromatic rings. The van der Waals surface area contributed by atoms with Crippen molar-refractivity contribution in [1.29, 1.82) is 0 Å². The van der Waals surface area contributed by atoms with Crippen LogP contribution in [0.5, 0.6) is 0 Å². The molecule has 31 heavy (non-hydrogen) atoms. The lowest BCUT2D eigenvalue weighted by molar-refractivity contribution is -0.137. The summed E-state index contributed by atoms with van der Waals surface area (Å²) in [5, 5.41) is 5.96. The number of rotatable bonds is 8. The first-order valence-corrected chi connectivity index (χ1v) is 10.3. The van der Waals surface area contributed by atoms with Gasteiger partial charge >= 0.3 is 6.18 Å². The Kier molecular flexibility index (Phi) is 8.86. The molecule has 1 amide bonds. The summed E-state index contributed by atoms with van der Waals surface area (Å²) >= 11 is 5.94. The van der Waals surface area contributed by atoms with Crippen molar-refractivity contribution in [1.82, 2.24) is 10.6 Å². The largest absolute Gasteiger partial charge is 0.497 e. The second-order valence-corrected chi connectivity index (χ2v) is 7.82. The third kappa shape index (κ3) is 7.86. The fourth-order valence-electron chi connectivity index (χ4n) is 3.30. The topological polar surface area (TPSA) is 76.4 Å². The van der Waals surface area contributed by atoms with E-state index in [1.165, 1.54) is 7.11 Å². The normalized spacial score (nSPS) is 19.8. The number of hydrogen-bond donors (Lipinski definition) is 3. The molecule has 1 saturated carbocycles. The third-order valence-electron chi connectivity index (χ3n) is 5.14. The van der Waals surface area contributed by atoms with Crippen molar-refractivity contribution in [3.63, 3.8) is 0 Å². The Morgan fingerprint density at radius 2 is 2.00 bits per heavy atom. The molecule has 0 bridgehead atoms. The van der Waals surface area contributed by atoms with Gasteiger partial charge in [0.25, 0.3) is 5.91 Å². The molecule has 5 nitrogen and oxygen atoms in total. The van der Waals surface area contributed by atoms with E-state index in [2.05, 4.69) is 17.2 Å². The number of carbonyl (C=O) groups is 1. The summed E-state index contributed by atoms with van der Waals surface area (Å²) in [7, 11) is 1.53. The van der Waals surface area contributed by atoms with Crippen LogP contribution in [0, 0.1) is 5.92 Å². The number of hydrogen-bond acceptors (Lipinski definition) is 4. The summed E-state index contributed by atoms with van der Waals surface area (Å²) in [6.07, 6.45) is 3.79. The maximum Gasteiger partial charge on any atom is 0.416 e. The Balaban J connectivity index is 1.82. The molecule has 0 radical (unpaired) electrons. The minimum atomic E-state index is -4.53. The second-order valence-electron chi connectivity index (χ2n) is 7.42. The van der Waals surface area contributed by atoms with Crippen molar-refractivity contribution in [2.45, 2.75) is 37.9 Å². The van der Waals surface area contributed by atoms with Gasteiger partial charge in [0.2, 0.25) is 0 Å². The van der Waals surface area contributed by atoms with Crippen LogP contribution in [-0.4, -0.2) is 25.6 Å². The van der Waals surface area contributed by atoms with E-state index in [0.29, 0.717) is 24.0 Å². The summed E-state index contributed by atoms with van der Waals surface area (Å²) in [6, 6.07) is 2.64. The molecule has 0 spiro atoms. The van der Waals surface area contributed by atoms with Crippen LogP contribution in [0.3, 0.4) is 0 Å². The van der Waals surface area contributed by atoms with E-state index in [1.807, 2.05) is 0 Å². The zero-order valence-corrected chi connectivity index (χ0v) is 18.0. The SMILES string of the molecule is C=C(/C=C\C=C(/N)NCC1CCC(NC(=O)c2cc(C(F)(F)F)ccc2Cl)CC1)OC. The Labute approximate surface area is 185 Å². The fourth-order valence-corrected chi connectivity index (χ4v) is 3.50. The average molecular weight is 458 g/mol.